The molecule has 2 aromatic carbocycles. The van der Waals surface area contributed by atoms with E-state index in [9.17, 15) is 9.59 Å². The first-order valence-corrected chi connectivity index (χ1v) is 13.9. The van der Waals surface area contributed by atoms with Crippen LogP contribution in [0.3, 0.4) is 0 Å². The Bertz CT molecular complexity index is 1330. The number of halogens is 1. The zero-order chi connectivity index (χ0) is 27.4. The van der Waals surface area contributed by atoms with Gasteiger partial charge in [-0.25, -0.2) is 9.79 Å². The van der Waals surface area contributed by atoms with Gasteiger partial charge in [-0.1, -0.05) is 17.8 Å². The fraction of sp³-hybridized carbons (Fsp3) is 0.321. The number of amidine groups is 1. The van der Waals surface area contributed by atoms with Gasteiger partial charge in [-0.15, -0.1) is 0 Å². The van der Waals surface area contributed by atoms with E-state index in [1.807, 2.05) is 74.5 Å². The molecule has 0 aliphatic carbocycles. The molecule has 0 unspecified atom stereocenters. The summed E-state index contributed by atoms with van der Waals surface area (Å²) in [6, 6.07) is 9.10. The maximum atomic E-state index is 13.0. The van der Waals surface area contributed by atoms with E-state index in [0.29, 0.717) is 33.8 Å². The zero-order valence-electron chi connectivity index (χ0n) is 22.0. The summed E-state index contributed by atoms with van der Waals surface area (Å²) >= 11 is 5.09. The van der Waals surface area contributed by atoms with Crippen molar-refractivity contribution in [1.29, 1.82) is 0 Å². The quantitative estimate of drug-likeness (QED) is 0.341. The maximum Gasteiger partial charge on any atom is 0.338 e. The van der Waals surface area contributed by atoms with Crippen molar-refractivity contribution in [2.45, 2.75) is 40.7 Å². The largest absolute Gasteiger partial charge is 0.490 e. The summed E-state index contributed by atoms with van der Waals surface area (Å²) in [6.45, 7) is 9.86. The van der Waals surface area contributed by atoms with Crippen molar-refractivity contribution >= 4 is 50.4 Å². The molecule has 10 heteroatoms. The molecule has 2 aromatic rings. The van der Waals surface area contributed by atoms with Gasteiger partial charge in [0, 0.05) is 11.9 Å². The summed E-state index contributed by atoms with van der Waals surface area (Å²) in [7, 11) is 0. The summed E-state index contributed by atoms with van der Waals surface area (Å²) in [5.41, 5.74) is 4.69. The summed E-state index contributed by atoms with van der Waals surface area (Å²) < 4.78 is 17.8. The molecule has 0 fully saturated rings. The van der Waals surface area contributed by atoms with Crippen LogP contribution in [0.2, 0.25) is 0 Å². The van der Waals surface area contributed by atoms with E-state index in [1.165, 1.54) is 11.8 Å². The highest BCUT2D eigenvalue weighted by Crippen LogP contribution is 2.45. The number of carbonyl (C=O) groups is 2. The summed E-state index contributed by atoms with van der Waals surface area (Å²) in [5, 5.41) is 5.58. The number of nitrogens with zero attached hydrogens (tertiary/aromatic N) is 2. The molecule has 2 aliphatic rings. The third-order valence-corrected chi connectivity index (χ3v) is 7.18. The second kappa shape index (κ2) is 12.1. The molecule has 0 saturated carbocycles. The number of hydrogen-bond donors (Lipinski definition) is 1. The number of nitrogens with one attached hydrogen (secondary N) is 1. The lowest BCUT2D eigenvalue weighted by Gasteiger charge is -2.33. The van der Waals surface area contributed by atoms with Gasteiger partial charge in [-0.05, 0) is 96.9 Å². The van der Waals surface area contributed by atoms with E-state index in [-0.39, 0.29) is 19.1 Å². The maximum absolute atomic E-state index is 13.0. The lowest BCUT2D eigenvalue weighted by molar-refractivity contribution is -0.139. The Morgan fingerprint density at radius 2 is 1.79 bits per heavy atom. The fourth-order valence-electron chi connectivity index (χ4n) is 4.43. The van der Waals surface area contributed by atoms with E-state index in [0.717, 1.165) is 27.5 Å². The Balaban J connectivity index is 1.63. The van der Waals surface area contributed by atoms with Crippen LogP contribution in [-0.4, -0.2) is 41.8 Å². The van der Waals surface area contributed by atoms with Crippen molar-refractivity contribution < 1.29 is 23.8 Å². The predicted octanol–water partition coefficient (Wildman–Crippen LogP) is 6.25. The van der Waals surface area contributed by atoms with Crippen molar-refractivity contribution in [2.24, 2.45) is 4.99 Å². The van der Waals surface area contributed by atoms with Crippen molar-refractivity contribution in [3.05, 3.63) is 74.4 Å². The van der Waals surface area contributed by atoms with Crippen LogP contribution in [0.1, 0.15) is 43.5 Å². The standard InChI is InChI=1S/C28H30BrN3O5S/c1-6-35-22-14-19(25-24(27(34)36-7-2)18(5)30-28-32(25)8-9-38-28)13-21(29)26(22)37-15-23(33)31-20-11-16(3)10-17(4)12-20/h8-14,25H,6-7,15H2,1-5H3,(H,31,33)/t25-/m0/s1. The first-order valence-electron chi connectivity index (χ1n) is 12.3. The van der Waals surface area contributed by atoms with Gasteiger partial charge in [0.15, 0.2) is 23.3 Å². The van der Waals surface area contributed by atoms with Gasteiger partial charge >= 0.3 is 5.97 Å². The highest BCUT2D eigenvalue weighted by molar-refractivity contribution is 9.10. The molecular formula is C28H30BrN3O5S. The Labute approximate surface area is 235 Å². The van der Waals surface area contributed by atoms with Gasteiger partial charge in [-0.2, -0.15) is 0 Å². The van der Waals surface area contributed by atoms with Crippen LogP contribution in [0.25, 0.3) is 0 Å². The molecule has 38 heavy (non-hydrogen) atoms. The van der Waals surface area contributed by atoms with Crippen molar-refractivity contribution in [2.75, 3.05) is 25.1 Å². The molecule has 4 rings (SSSR count). The molecule has 0 bridgehead atoms. The Hall–Kier alpha value is -3.24. The number of allylic oxidation sites excluding steroid dienone is 1. The number of anilines is 1. The van der Waals surface area contributed by atoms with Crippen molar-refractivity contribution in [1.82, 2.24) is 4.90 Å². The summed E-state index contributed by atoms with van der Waals surface area (Å²) in [5.74, 6) is 0.155. The van der Waals surface area contributed by atoms with Crippen LogP contribution in [0.15, 0.2) is 62.7 Å². The number of rotatable bonds is 9. The predicted molar refractivity (Wildman–Crippen MR) is 153 cm³/mol. The SMILES string of the molecule is CCOC(=O)C1=C(C)N=C2SC=CN2[C@H]1c1cc(Br)c(OCC(=O)Nc2cc(C)cc(C)c2)c(OCC)c1. The highest BCUT2D eigenvalue weighted by Gasteiger charge is 2.38. The molecular weight excluding hydrogens is 570 g/mol. The van der Waals surface area contributed by atoms with E-state index < -0.39 is 12.0 Å². The van der Waals surface area contributed by atoms with E-state index in [2.05, 4.69) is 26.2 Å². The second-order valence-electron chi connectivity index (χ2n) is 8.80. The Morgan fingerprint density at radius 1 is 1.05 bits per heavy atom. The molecule has 0 spiro atoms. The molecule has 1 atom stereocenters. The number of aryl methyl sites for hydroxylation is 2. The number of esters is 1. The van der Waals surface area contributed by atoms with Crippen LogP contribution in [0.4, 0.5) is 5.69 Å². The van der Waals surface area contributed by atoms with E-state index >= 15 is 0 Å². The van der Waals surface area contributed by atoms with Gasteiger partial charge in [0.1, 0.15) is 0 Å². The van der Waals surface area contributed by atoms with Gasteiger partial charge in [0.2, 0.25) is 0 Å². The van der Waals surface area contributed by atoms with E-state index in [1.54, 1.807) is 6.92 Å². The number of aliphatic imine (C=N–C) groups is 1. The molecule has 0 radical (unpaired) electrons. The average Bonchev–Trinajstić information content (AvgIpc) is 3.30. The highest BCUT2D eigenvalue weighted by atomic mass is 79.9. The number of hydrogen-bond acceptors (Lipinski definition) is 8. The second-order valence-corrected chi connectivity index (χ2v) is 10.5. The zero-order valence-corrected chi connectivity index (χ0v) is 24.4. The Kier molecular flexibility index (Phi) is 8.83. The normalized spacial score (nSPS) is 16.2. The number of ether oxygens (including phenoxy) is 3. The summed E-state index contributed by atoms with van der Waals surface area (Å²) in [6.07, 6.45) is 1.90. The third kappa shape index (κ3) is 6.07. The molecule has 2 aliphatic heterocycles. The summed E-state index contributed by atoms with van der Waals surface area (Å²) in [4.78, 5) is 32.2. The lowest BCUT2D eigenvalue weighted by Crippen LogP contribution is -2.34. The molecule has 0 saturated heterocycles. The van der Waals surface area contributed by atoms with E-state index in [4.69, 9.17) is 14.2 Å². The smallest absolute Gasteiger partial charge is 0.338 e. The minimum Gasteiger partial charge on any atom is -0.490 e. The van der Waals surface area contributed by atoms with Crippen LogP contribution in [0.5, 0.6) is 11.5 Å². The fourth-order valence-corrected chi connectivity index (χ4v) is 5.79. The molecule has 200 valence electrons. The van der Waals surface area contributed by atoms with Gasteiger partial charge < -0.3 is 24.4 Å². The first-order chi connectivity index (χ1) is 18.2. The first kappa shape index (κ1) is 27.8. The number of benzene rings is 2. The molecule has 2 heterocycles. The molecule has 0 aromatic heterocycles. The minimum atomic E-state index is -0.467. The minimum absolute atomic E-state index is 0.205. The molecule has 8 nitrogen and oxygen atoms in total. The number of amides is 1. The van der Waals surface area contributed by atoms with Crippen molar-refractivity contribution in [3.8, 4) is 11.5 Å². The van der Waals surface area contributed by atoms with Crippen LogP contribution in [-0.2, 0) is 14.3 Å². The molecule has 1 amide bonds. The van der Waals surface area contributed by atoms with Crippen molar-refractivity contribution in [3.63, 3.8) is 0 Å². The van der Waals surface area contributed by atoms with Crippen LogP contribution >= 0.6 is 27.7 Å². The number of carbonyl (C=O) groups excluding carboxylic acids is 2. The number of thioether (sulfide) groups is 1. The third-order valence-electron chi connectivity index (χ3n) is 5.82. The monoisotopic (exact) mass is 599 g/mol. The topological polar surface area (TPSA) is 89.5 Å². The average molecular weight is 601 g/mol. The van der Waals surface area contributed by atoms with Gasteiger partial charge in [0.05, 0.1) is 35.0 Å². The van der Waals surface area contributed by atoms with Crippen LogP contribution < -0.4 is 14.8 Å². The van der Waals surface area contributed by atoms with Gasteiger partial charge in [0.25, 0.3) is 5.91 Å². The Morgan fingerprint density at radius 3 is 2.47 bits per heavy atom. The van der Waals surface area contributed by atoms with Crippen LogP contribution in [0, 0.1) is 13.8 Å². The number of fused-ring (bicyclic) bond motifs is 1. The molecule has 1 N–H and O–H groups in total. The lowest BCUT2D eigenvalue weighted by atomic mass is 9.94. The van der Waals surface area contributed by atoms with Gasteiger partial charge in [-0.3, -0.25) is 4.79 Å².